The topological polar surface area (TPSA) is 39.7 Å². The lowest BCUT2D eigenvalue weighted by Gasteiger charge is -2.21. The first-order chi connectivity index (χ1) is 8.76. The monoisotopic (exact) mass is 251 g/mol. The molecule has 4 nitrogen and oxygen atoms in total. The van der Waals surface area contributed by atoms with Gasteiger partial charge in [0.1, 0.15) is 17.6 Å². The molecule has 1 fully saturated rings. The molecule has 18 heavy (non-hydrogen) atoms. The van der Waals surface area contributed by atoms with E-state index in [9.17, 15) is 0 Å². The summed E-state index contributed by atoms with van der Waals surface area (Å²) in [5.41, 5.74) is 1.06. The van der Waals surface area contributed by atoms with Gasteiger partial charge in [0.15, 0.2) is 0 Å². The van der Waals surface area contributed by atoms with Crippen molar-refractivity contribution in [2.24, 2.45) is 0 Å². The SMILES string of the molecule is CNC(C)c1c(OC)cccc1OC1CCOC1. The maximum absolute atomic E-state index is 6.03. The second kappa shape index (κ2) is 6.07. The van der Waals surface area contributed by atoms with Crippen LogP contribution in [0.1, 0.15) is 24.9 Å². The van der Waals surface area contributed by atoms with E-state index in [-0.39, 0.29) is 12.1 Å². The first-order valence-electron chi connectivity index (χ1n) is 6.34. The maximum atomic E-state index is 6.03. The summed E-state index contributed by atoms with van der Waals surface area (Å²) >= 11 is 0. The molecule has 0 spiro atoms. The molecule has 100 valence electrons. The molecule has 2 atom stereocenters. The summed E-state index contributed by atoms with van der Waals surface area (Å²) in [5.74, 6) is 1.74. The van der Waals surface area contributed by atoms with Crippen LogP contribution in [0.25, 0.3) is 0 Å². The first-order valence-corrected chi connectivity index (χ1v) is 6.34. The van der Waals surface area contributed by atoms with E-state index in [0.717, 1.165) is 30.1 Å². The molecular formula is C14H21NO3. The number of ether oxygens (including phenoxy) is 3. The molecule has 1 aliphatic heterocycles. The molecule has 1 aromatic rings. The third kappa shape index (κ3) is 2.76. The average Bonchev–Trinajstić information content (AvgIpc) is 2.90. The molecule has 0 radical (unpaired) electrons. The van der Waals surface area contributed by atoms with Gasteiger partial charge in [-0.15, -0.1) is 0 Å². The Labute approximate surface area is 108 Å². The van der Waals surface area contributed by atoms with E-state index < -0.39 is 0 Å². The van der Waals surface area contributed by atoms with Crippen molar-refractivity contribution in [3.05, 3.63) is 23.8 Å². The normalized spacial score (nSPS) is 20.7. The number of nitrogens with one attached hydrogen (secondary N) is 1. The zero-order valence-corrected chi connectivity index (χ0v) is 11.2. The fraction of sp³-hybridized carbons (Fsp3) is 0.571. The molecule has 1 saturated heterocycles. The van der Waals surface area contributed by atoms with Crippen LogP contribution in [0.2, 0.25) is 0 Å². The molecule has 0 aliphatic carbocycles. The number of rotatable bonds is 5. The summed E-state index contributed by atoms with van der Waals surface area (Å²) < 4.78 is 16.8. The van der Waals surface area contributed by atoms with Crippen LogP contribution in [0.5, 0.6) is 11.5 Å². The highest BCUT2D eigenvalue weighted by atomic mass is 16.5. The van der Waals surface area contributed by atoms with Gasteiger partial charge in [0, 0.05) is 12.5 Å². The number of methoxy groups -OCH3 is 1. The van der Waals surface area contributed by atoms with Crippen molar-refractivity contribution in [3.63, 3.8) is 0 Å². The van der Waals surface area contributed by atoms with Crippen molar-refractivity contribution >= 4 is 0 Å². The van der Waals surface area contributed by atoms with Crippen molar-refractivity contribution in [1.29, 1.82) is 0 Å². The van der Waals surface area contributed by atoms with Gasteiger partial charge in [0.2, 0.25) is 0 Å². The van der Waals surface area contributed by atoms with Gasteiger partial charge in [0.05, 0.1) is 25.9 Å². The van der Waals surface area contributed by atoms with E-state index in [1.165, 1.54) is 0 Å². The van der Waals surface area contributed by atoms with Gasteiger partial charge in [-0.05, 0) is 26.1 Å². The van der Waals surface area contributed by atoms with Gasteiger partial charge in [-0.3, -0.25) is 0 Å². The third-order valence-corrected chi connectivity index (χ3v) is 3.29. The van der Waals surface area contributed by atoms with Gasteiger partial charge < -0.3 is 19.5 Å². The fourth-order valence-corrected chi connectivity index (χ4v) is 2.16. The van der Waals surface area contributed by atoms with Crippen LogP contribution in [0.15, 0.2) is 18.2 Å². The van der Waals surface area contributed by atoms with E-state index in [1.807, 2.05) is 25.2 Å². The fourth-order valence-electron chi connectivity index (χ4n) is 2.16. The van der Waals surface area contributed by atoms with E-state index in [1.54, 1.807) is 7.11 Å². The van der Waals surface area contributed by atoms with Crippen LogP contribution in [-0.2, 0) is 4.74 Å². The molecule has 4 heteroatoms. The minimum Gasteiger partial charge on any atom is -0.496 e. The summed E-state index contributed by atoms with van der Waals surface area (Å²) in [4.78, 5) is 0. The Balaban J connectivity index is 2.26. The van der Waals surface area contributed by atoms with E-state index in [2.05, 4.69) is 12.2 Å². The van der Waals surface area contributed by atoms with Crippen LogP contribution >= 0.6 is 0 Å². The molecule has 0 saturated carbocycles. The molecule has 1 aromatic carbocycles. The summed E-state index contributed by atoms with van der Waals surface area (Å²) in [7, 11) is 3.61. The molecule has 2 unspecified atom stereocenters. The molecule has 1 aliphatic rings. The van der Waals surface area contributed by atoms with Crippen LogP contribution in [-0.4, -0.2) is 33.5 Å². The van der Waals surface area contributed by atoms with E-state index in [4.69, 9.17) is 14.2 Å². The van der Waals surface area contributed by atoms with Crippen LogP contribution in [0.3, 0.4) is 0 Å². The average molecular weight is 251 g/mol. The second-order valence-electron chi connectivity index (χ2n) is 4.49. The Hall–Kier alpha value is -1.26. The van der Waals surface area contributed by atoms with Gasteiger partial charge in [-0.25, -0.2) is 0 Å². The Morgan fingerprint density at radius 2 is 2.17 bits per heavy atom. The quantitative estimate of drug-likeness (QED) is 0.870. The largest absolute Gasteiger partial charge is 0.496 e. The summed E-state index contributed by atoms with van der Waals surface area (Å²) in [6.45, 7) is 3.55. The zero-order valence-electron chi connectivity index (χ0n) is 11.2. The third-order valence-electron chi connectivity index (χ3n) is 3.29. The molecule has 0 amide bonds. The molecule has 0 aromatic heterocycles. The highest BCUT2D eigenvalue weighted by Gasteiger charge is 2.21. The Morgan fingerprint density at radius 1 is 1.39 bits per heavy atom. The van der Waals surface area contributed by atoms with Crippen molar-refractivity contribution in [1.82, 2.24) is 5.32 Å². The second-order valence-corrected chi connectivity index (χ2v) is 4.49. The summed E-state index contributed by atoms with van der Waals surface area (Å²) in [6, 6.07) is 6.08. The Morgan fingerprint density at radius 3 is 2.78 bits per heavy atom. The van der Waals surface area contributed by atoms with Gasteiger partial charge in [-0.2, -0.15) is 0 Å². The van der Waals surface area contributed by atoms with E-state index in [0.29, 0.717) is 6.61 Å². The van der Waals surface area contributed by atoms with Gasteiger partial charge >= 0.3 is 0 Å². The Bertz CT molecular complexity index is 389. The van der Waals surface area contributed by atoms with E-state index >= 15 is 0 Å². The lowest BCUT2D eigenvalue weighted by molar-refractivity contribution is 0.140. The minimum atomic E-state index is 0.153. The lowest BCUT2D eigenvalue weighted by Crippen LogP contribution is -2.20. The first kappa shape index (κ1) is 13.2. The van der Waals surface area contributed by atoms with Crippen molar-refractivity contribution in [3.8, 4) is 11.5 Å². The molecular weight excluding hydrogens is 230 g/mol. The minimum absolute atomic E-state index is 0.153. The summed E-state index contributed by atoms with van der Waals surface area (Å²) in [6.07, 6.45) is 1.10. The van der Waals surface area contributed by atoms with Gasteiger partial charge in [-0.1, -0.05) is 6.07 Å². The van der Waals surface area contributed by atoms with Crippen LogP contribution in [0.4, 0.5) is 0 Å². The number of hydrogen-bond acceptors (Lipinski definition) is 4. The Kier molecular flexibility index (Phi) is 4.44. The predicted molar refractivity (Wildman–Crippen MR) is 70.3 cm³/mol. The molecule has 1 heterocycles. The number of hydrogen-bond donors (Lipinski definition) is 1. The molecule has 2 rings (SSSR count). The zero-order chi connectivity index (χ0) is 13.0. The van der Waals surface area contributed by atoms with Crippen LogP contribution < -0.4 is 14.8 Å². The molecule has 1 N–H and O–H groups in total. The van der Waals surface area contributed by atoms with Crippen molar-refractivity contribution in [2.75, 3.05) is 27.4 Å². The van der Waals surface area contributed by atoms with Crippen LogP contribution in [0, 0.1) is 0 Å². The smallest absolute Gasteiger partial charge is 0.128 e. The molecule has 0 bridgehead atoms. The standard InChI is InChI=1S/C14H21NO3/c1-10(15-2)14-12(16-3)5-4-6-13(14)18-11-7-8-17-9-11/h4-6,10-11,15H,7-9H2,1-3H3. The summed E-state index contributed by atoms with van der Waals surface area (Å²) in [5, 5.41) is 3.23. The predicted octanol–water partition coefficient (Wildman–Crippen LogP) is 2.14. The maximum Gasteiger partial charge on any atom is 0.128 e. The van der Waals surface area contributed by atoms with Gasteiger partial charge in [0.25, 0.3) is 0 Å². The van der Waals surface area contributed by atoms with Crippen molar-refractivity contribution < 1.29 is 14.2 Å². The highest BCUT2D eigenvalue weighted by molar-refractivity contribution is 5.46. The number of benzene rings is 1. The lowest BCUT2D eigenvalue weighted by atomic mass is 10.1. The highest BCUT2D eigenvalue weighted by Crippen LogP contribution is 2.34. The van der Waals surface area contributed by atoms with Crippen molar-refractivity contribution in [2.45, 2.75) is 25.5 Å².